The van der Waals surface area contributed by atoms with Gasteiger partial charge in [-0.25, -0.2) is 0 Å². The van der Waals surface area contributed by atoms with E-state index in [2.05, 4.69) is 5.32 Å². The zero-order chi connectivity index (χ0) is 19.8. The minimum atomic E-state index is -0.481. The van der Waals surface area contributed by atoms with Crippen molar-refractivity contribution in [2.24, 2.45) is 0 Å². The summed E-state index contributed by atoms with van der Waals surface area (Å²) in [7, 11) is 0. The number of rotatable bonds is 8. The first kappa shape index (κ1) is 20.7. The Hall–Kier alpha value is -2.62. The SMILES string of the molecule is CCC(C(=O)NC(C)C)N(Cc1ccccc1)C(=O)Cc1ccc(C)cc1. The van der Waals surface area contributed by atoms with Crippen molar-refractivity contribution in [1.29, 1.82) is 0 Å². The normalized spacial score (nSPS) is 11.9. The maximum Gasteiger partial charge on any atom is 0.243 e. The van der Waals surface area contributed by atoms with Gasteiger partial charge in [0.1, 0.15) is 6.04 Å². The molecule has 27 heavy (non-hydrogen) atoms. The highest BCUT2D eigenvalue weighted by Gasteiger charge is 2.28. The van der Waals surface area contributed by atoms with Crippen LogP contribution in [0.5, 0.6) is 0 Å². The average Bonchev–Trinajstić information content (AvgIpc) is 2.63. The molecule has 0 aromatic heterocycles. The van der Waals surface area contributed by atoms with Gasteiger partial charge in [0.2, 0.25) is 11.8 Å². The van der Waals surface area contributed by atoms with Crippen molar-refractivity contribution in [3.63, 3.8) is 0 Å². The fourth-order valence-electron chi connectivity index (χ4n) is 3.06. The summed E-state index contributed by atoms with van der Waals surface area (Å²) in [4.78, 5) is 27.6. The van der Waals surface area contributed by atoms with Gasteiger partial charge in [-0.05, 0) is 38.3 Å². The number of amides is 2. The summed E-state index contributed by atoms with van der Waals surface area (Å²) < 4.78 is 0. The van der Waals surface area contributed by atoms with Gasteiger partial charge in [0.15, 0.2) is 0 Å². The summed E-state index contributed by atoms with van der Waals surface area (Å²) in [6, 6.07) is 17.3. The van der Waals surface area contributed by atoms with Crippen molar-refractivity contribution in [3.8, 4) is 0 Å². The number of hydrogen-bond donors (Lipinski definition) is 1. The number of hydrogen-bond acceptors (Lipinski definition) is 2. The van der Waals surface area contributed by atoms with Gasteiger partial charge in [-0.3, -0.25) is 9.59 Å². The third kappa shape index (κ3) is 6.24. The van der Waals surface area contributed by atoms with E-state index in [9.17, 15) is 9.59 Å². The molecule has 0 fully saturated rings. The first-order valence-corrected chi connectivity index (χ1v) is 9.60. The van der Waals surface area contributed by atoms with Crippen molar-refractivity contribution >= 4 is 11.8 Å². The summed E-state index contributed by atoms with van der Waals surface area (Å²) in [6.07, 6.45) is 0.865. The van der Waals surface area contributed by atoms with E-state index in [1.807, 2.05) is 82.3 Å². The predicted molar refractivity (Wildman–Crippen MR) is 109 cm³/mol. The van der Waals surface area contributed by atoms with Crippen LogP contribution in [0, 0.1) is 6.92 Å². The highest BCUT2D eigenvalue weighted by atomic mass is 16.2. The second-order valence-corrected chi connectivity index (χ2v) is 7.26. The fraction of sp³-hybridized carbons (Fsp3) is 0.391. The van der Waals surface area contributed by atoms with Crippen LogP contribution in [-0.2, 0) is 22.6 Å². The molecule has 1 atom stereocenters. The second kappa shape index (κ2) is 9.91. The summed E-state index contributed by atoms with van der Waals surface area (Å²) in [5.74, 6) is -0.130. The van der Waals surface area contributed by atoms with Crippen LogP contribution in [0.3, 0.4) is 0 Å². The smallest absolute Gasteiger partial charge is 0.243 e. The summed E-state index contributed by atoms with van der Waals surface area (Å²) >= 11 is 0. The van der Waals surface area contributed by atoms with Gasteiger partial charge < -0.3 is 10.2 Å². The van der Waals surface area contributed by atoms with E-state index in [4.69, 9.17) is 0 Å². The van der Waals surface area contributed by atoms with Crippen LogP contribution in [-0.4, -0.2) is 28.8 Å². The molecule has 1 N–H and O–H groups in total. The first-order chi connectivity index (χ1) is 12.9. The summed E-state index contributed by atoms with van der Waals surface area (Å²) in [5.41, 5.74) is 3.14. The van der Waals surface area contributed by atoms with Crippen molar-refractivity contribution in [3.05, 3.63) is 71.3 Å². The number of benzene rings is 2. The number of nitrogens with one attached hydrogen (secondary N) is 1. The van der Waals surface area contributed by atoms with Crippen molar-refractivity contribution < 1.29 is 9.59 Å². The van der Waals surface area contributed by atoms with E-state index in [0.29, 0.717) is 19.4 Å². The van der Waals surface area contributed by atoms with Gasteiger partial charge >= 0.3 is 0 Å². The van der Waals surface area contributed by atoms with Crippen molar-refractivity contribution in [1.82, 2.24) is 10.2 Å². The van der Waals surface area contributed by atoms with E-state index >= 15 is 0 Å². The van der Waals surface area contributed by atoms with Crippen LogP contribution in [0.4, 0.5) is 0 Å². The molecule has 2 amide bonds. The number of nitrogens with zero attached hydrogens (tertiary/aromatic N) is 1. The maximum atomic E-state index is 13.1. The predicted octanol–water partition coefficient (Wildman–Crippen LogP) is 3.87. The zero-order valence-electron chi connectivity index (χ0n) is 16.7. The largest absolute Gasteiger partial charge is 0.352 e. The van der Waals surface area contributed by atoms with E-state index in [1.165, 1.54) is 0 Å². The van der Waals surface area contributed by atoms with Crippen molar-refractivity contribution in [2.75, 3.05) is 0 Å². The Labute approximate surface area is 162 Å². The van der Waals surface area contributed by atoms with Crippen LogP contribution in [0.2, 0.25) is 0 Å². The molecule has 0 heterocycles. The van der Waals surface area contributed by atoms with Crippen LogP contribution >= 0.6 is 0 Å². The Morgan fingerprint density at radius 3 is 2.15 bits per heavy atom. The minimum Gasteiger partial charge on any atom is -0.352 e. The lowest BCUT2D eigenvalue weighted by Gasteiger charge is -2.31. The molecule has 0 aliphatic heterocycles. The molecule has 2 aromatic rings. The lowest BCUT2D eigenvalue weighted by molar-refractivity contribution is -0.141. The van der Waals surface area contributed by atoms with E-state index in [0.717, 1.165) is 16.7 Å². The standard InChI is InChI=1S/C23H30N2O2/c1-5-21(23(27)24-17(2)3)25(16-20-9-7-6-8-10-20)22(26)15-19-13-11-18(4)12-14-19/h6-14,17,21H,5,15-16H2,1-4H3,(H,24,27). The molecular weight excluding hydrogens is 336 g/mol. The Morgan fingerprint density at radius 1 is 0.963 bits per heavy atom. The Balaban J connectivity index is 2.25. The lowest BCUT2D eigenvalue weighted by atomic mass is 10.1. The second-order valence-electron chi connectivity index (χ2n) is 7.26. The summed E-state index contributed by atoms with van der Waals surface area (Å²) in [6.45, 7) is 8.26. The van der Waals surface area contributed by atoms with Crippen LogP contribution in [0.25, 0.3) is 0 Å². The van der Waals surface area contributed by atoms with Gasteiger partial charge in [-0.15, -0.1) is 0 Å². The van der Waals surface area contributed by atoms with E-state index in [1.54, 1.807) is 4.90 Å². The molecule has 0 aliphatic carbocycles. The Morgan fingerprint density at radius 2 is 1.59 bits per heavy atom. The highest BCUT2D eigenvalue weighted by Crippen LogP contribution is 2.15. The molecule has 1 unspecified atom stereocenters. The highest BCUT2D eigenvalue weighted by molar-refractivity contribution is 5.88. The number of carbonyl (C=O) groups excluding carboxylic acids is 2. The van der Waals surface area contributed by atoms with E-state index < -0.39 is 6.04 Å². The molecule has 4 heteroatoms. The average molecular weight is 367 g/mol. The van der Waals surface area contributed by atoms with Gasteiger partial charge in [-0.1, -0.05) is 67.1 Å². The minimum absolute atomic E-state index is 0.0338. The summed E-state index contributed by atoms with van der Waals surface area (Å²) in [5, 5.41) is 2.95. The molecule has 0 saturated carbocycles. The molecule has 0 aliphatic rings. The topological polar surface area (TPSA) is 49.4 Å². The van der Waals surface area contributed by atoms with Gasteiger partial charge in [0, 0.05) is 12.6 Å². The third-order valence-corrected chi connectivity index (χ3v) is 4.49. The quantitative estimate of drug-likeness (QED) is 0.771. The van der Waals surface area contributed by atoms with Gasteiger partial charge in [-0.2, -0.15) is 0 Å². The molecule has 0 saturated heterocycles. The zero-order valence-corrected chi connectivity index (χ0v) is 16.7. The molecule has 2 aromatic carbocycles. The Kier molecular flexibility index (Phi) is 7.59. The lowest BCUT2D eigenvalue weighted by Crippen LogP contribution is -2.50. The molecule has 0 radical (unpaired) electrons. The number of carbonyl (C=O) groups is 2. The monoisotopic (exact) mass is 366 g/mol. The van der Waals surface area contributed by atoms with Gasteiger partial charge in [0.25, 0.3) is 0 Å². The number of aryl methyl sites for hydroxylation is 1. The first-order valence-electron chi connectivity index (χ1n) is 9.60. The third-order valence-electron chi connectivity index (χ3n) is 4.49. The van der Waals surface area contributed by atoms with Crippen LogP contribution in [0.1, 0.15) is 43.9 Å². The molecule has 4 nitrogen and oxygen atoms in total. The van der Waals surface area contributed by atoms with Crippen molar-refractivity contribution in [2.45, 2.75) is 59.2 Å². The molecule has 0 bridgehead atoms. The molecule has 144 valence electrons. The molecule has 2 rings (SSSR count). The molecular formula is C23H30N2O2. The molecule has 0 spiro atoms. The van der Waals surface area contributed by atoms with E-state index in [-0.39, 0.29) is 17.9 Å². The van der Waals surface area contributed by atoms with Gasteiger partial charge in [0.05, 0.1) is 6.42 Å². The Bertz CT molecular complexity index is 739. The fourth-order valence-corrected chi connectivity index (χ4v) is 3.06. The maximum absolute atomic E-state index is 13.1. The van der Waals surface area contributed by atoms with Crippen LogP contribution in [0.15, 0.2) is 54.6 Å². The van der Waals surface area contributed by atoms with Crippen LogP contribution < -0.4 is 5.32 Å².